The van der Waals surface area contributed by atoms with Crippen LogP contribution in [0.25, 0.3) is 0 Å². The molecular weight excluding hydrogens is 273 g/mol. The fourth-order valence-corrected chi connectivity index (χ4v) is 1.97. The molecular formula is C12H17Cl2N3O. The summed E-state index contributed by atoms with van der Waals surface area (Å²) >= 11 is 11.9. The zero-order valence-electron chi connectivity index (χ0n) is 10.2. The molecule has 0 bridgehead atoms. The van der Waals surface area contributed by atoms with Crippen LogP contribution in [0.15, 0.2) is 23.4 Å². The molecule has 6 heteroatoms. The van der Waals surface area contributed by atoms with Crippen molar-refractivity contribution in [3.8, 4) is 0 Å². The van der Waals surface area contributed by atoms with Gasteiger partial charge in [0.2, 0.25) is 0 Å². The lowest BCUT2D eigenvalue weighted by atomic mass is 10.1. The van der Waals surface area contributed by atoms with E-state index in [9.17, 15) is 0 Å². The van der Waals surface area contributed by atoms with Crippen molar-refractivity contribution in [3.05, 3.63) is 33.8 Å². The lowest BCUT2D eigenvalue weighted by molar-refractivity contribution is 0.314. The molecule has 0 fully saturated rings. The van der Waals surface area contributed by atoms with E-state index in [-0.39, 0.29) is 11.8 Å². The van der Waals surface area contributed by atoms with Crippen LogP contribution in [-0.2, 0) is 6.42 Å². The maximum atomic E-state index is 8.51. The van der Waals surface area contributed by atoms with Crippen molar-refractivity contribution in [3.63, 3.8) is 0 Å². The molecule has 4 N–H and O–H groups in total. The minimum atomic E-state index is -0.00399. The molecule has 0 saturated carbocycles. The molecule has 1 unspecified atom stereocenters. The van der Waals surface area contributed by atoms with Gasteiger partial charge in [-0.15, -0.1) is 0 Å². The highest BCUT2D eigenvalue weighted by molar-refractivity contribution is 6.35. The number of hydrogen-bond donors (Lipinski definition) is 3. The molecule has 18 heavy (non-hydrogen) atoms. The highest BCUT2D eigenvalue weighted by Crippen LogP contribution is 2.20. The Labute approximate surface area is 117 Å². The minimum absolute atomic E-state index is 0.00399. The lowest BCUT2D eigenvalue weighted by Crippen LogP contribution is -2.32. The van der Waals surface area contributed by atoms with Crippen molar-refractivity contribution in [2.45, 2.75) is 13.3 Å². The second-order valence-corrected chi connectivity index (χ2v) is 4.96. The van der Waals surface area contributed by atoms with Crippen molar-refractivity contribution in [1.29, 1.82) is 0 Å². The molecule has 0 aliphatic heterocycles. The predicted octanol–water partition coefficient (Wildman–Crippen LogP) is 2.51. The normalized spacial score (nSPS) is 13.6. The Bertz CT molecular complexity index is 424. The summed E-state index contributed by atoms with van der Waals surface area (Å²) in [6.07, 6.45) is 0.804. The van der Waals surface area contributed by atoms with Gasteiger partial charge < -0.3 is 16.3 Å². The Morgan fingerprint density at radius 2 is 2.22 bits per heavy atom. The van der Waals surface area contributed by atoms with Crippen LogP contribution >= 0.6 is 23.2 Å². The topological polar surface area (TPSA) is 70.6 Å². The standard InChI is InChI=1S/C12H17Cl2N3O/c1-8(12(15)17-18)7-16-5-4-9-2-3-10(13)6-11(9)14/h2-3,6,8,16,18H,4-5,7H2,1H3,(H2,15,17). The van der Waals surface area contributed by atoms with Crippen LogP contribution in [0.2, 0.25) is 10.0 Å². The average molecular weight is 290 g/mol. The summed E-state index contributed by atoms with van der Waals surface area (Å²) in [5.41, 5.74) is 6.52. The van der Waals surface area contributed by atoms with Crippen LogP contribution in [0, 0.1) is 5.92 Å². The van der Waals surface area contributed by atoms with E-state index < -0.39 is 0 Å². The summed E-state index contributed by atoms with van der Waals surface area (Å²) in [5, 5.41) is 16.0. The molecule has 100 valence electrons. The number of halogens is 2. The highest BCUT2D eigenvalue weighted by atomic mass is 35.5. The first kappa shape index (κ1) is 15.1. The zero-order valence-corrected chi connectivity index (χ0v) is 11.7. The number of amidine groups is 1. The van der Waals surface area contributed by atoms with Gasteiger partial charge in [0.25, 0.3) is 0 Å². The quantitative estimate of drug-likeness (QED) is 0.248. The predicted molar refractivity (Wildman–Crippen MR) is 75.6 cm³/mol. The van der Waals surface area contributed by atoms with E-state index in [1.165, 1.54) is 0 Å². The monoisotopic (exact) mass is 289 g/mol. The molecule has 1 aromatic carbocycles. The summed E-state index contributed by atoms with van der Waals surface area (Å²) in [6, 6.07) is 5.47. The minimum Gasteiger partial charge on any atom is -0.409 e. The lowest BCUT2D eigenvalue weighted by Gasteiger charge is -2.11. The van der Waals surface area contributed by atoms with Gasteiger partial charge in [0.15, 0.2) is 0 Å². The Hall–Kier alpha value is -0.970. The average Bonchev–Trinajstić information content (AvgIpc) is 2.35. The number of hydrogen-bond acceptors (Lipinski definition) is 3. The molecule has 0 heterocycles. The Morgan fingerprint density at radius 3 is 2.83 bits per heavy atom. The van der Waals surface area contributed by atoms with Gasteiger partial charge in [0.05, 0.1) is 0 Å². The maximum Gasteiger partial charge on any atom is 0.143 e. The van der Waals surface area contributed by atoms with Crippen LogP contribution in [0.1, 0.15) is 12.5 Å². The van der Waals surface area contributed by atoms with Gasteiger partial charge in [-0.25, -0.2) is 0 Å². The van der Waals surface area contributed by atoms with Gasteiger partial charge in [-0.1, -0.05) is 41.3 Å². The fourth-order valence-electron chi connectivity index (χ4n) is 1.47. The van der Waals surface area contributed by atoms with E-state index >= 15 is 0 Å². The van der Waals surface area contributed by atoms with Gasteiger partial charge >= 0.3 is 0 Å². The number of rotatable bonds is 6. The second-order valence-electron chi connectivity index (χ2n) is 4.12. The van der Waals surface area contributed by atoms with Crippen LogP contribution in [0.5, 0.6) is 0 Å². The van der Waals surface area contributed by atoms with E-state index in [4.69, 9.17) is 34.1 Å². The van der Waals surface area contributed by atoms with Gasteiger partial charge in [-0.05, 0) is 30.7 Å². The number of oxime groups is 1. The molecule has 0 spiro atoms. The van der Waals surface area contributed by atoms with Crippen molar-refractivity contribution in [1.82, 2.24) is 5.32 Å². The van der Waals surface area contributed by atoms with E-state index in [0.717, 1.165) is 18.5 Å². The molecule has 0 aliphatic rings. The molecule has 0 radical (unpaired) electrons. The third kappa shape index (κ3) is 4.72. The Morgan fingerprint density at radius 1 is 1.50 bits per heavy atom. The molecule has 4 nitrogen and oxygen atoms in total. The summed E-state index contributed by atoms with van der Waals surface area (Å²) in [7, 11) is 0. The van der Waals surface area contributed by atoms with Crippen molar-refractivity contribution >= 4 is 29.0 Å². The molecule has 0 aliphatic carbocycles. The van der Waals surface area contributed by atoms with Crippen LogP contribution in [-0.4, -0.2) is 24.1 Å². The fraction of sp³-hybridized carbons (Fsp3) is 0.417. The Balaban J connectivity index is 2.34. The zero-order chi connectivity index (χ0) is 13.5. The third-order valence-electron chi connectivity index (χ3n) is 2.66. The van der Waals surface area contributed by atoms with Crippen molar-refractivity contribution < 1.29 is 5.21 Å². The summed E-state index contributed by atoms with van der Waals surface area (Å²) in [5.74, 6) is 0.225. The van der Waals surface area contributed by atoms with Gasteiger partial charge in [0.1, 0.15) is 5.84 Å². The largest absolute Gasteiger partial charge is 0.409 e. The van der Waals surface area contributed by atoms with Crippen LogP contribution < -0.4 is 11.1 Å². The van der Waals surface area contributed by atoms with E-state index in [1.807, 2.05) is 19.1 Å². The number of nitrogens with zero attached hydrogens (tertiary/aromatic N) is 1. The number of nitrogens with two attached hydrogens (primary N) is 1. The maximum absolute atomic E-state index is 8.51. The number of benzene rings is 1. The Kier molecular flexibility index (Phi) is 6.25. The van der Waals surface area contributed by atoms with Gasteiger partial charge in [-0.2, -0.15) is 0 Å². The second kappa shape index (κ2) is 7.46. The first-order valence-corrected chi connectivity index (χ1v) is 6.42. The summed E-state index contributed by atoms with van der Waals surface area (Å²) in [4.78, 5) is 0. The molecule has 1 aromatic rings. The first-order valence-electron chi connectivity index (χ1n) is 5.66. The summed E-state index contributed by atoms with van der Waals surface area (Å²) in [6.45, 7) is 3.31. The van der Waals surface area contributed by atoms with E-state index in [0.29, 0.717) is 16.6 Å². The molecule has 0 saturated heterocycles. The van der Waals surface area contributed by atoms with Crippen molar-refractivity contribution in [2.75, 3.05) is 13.1 Å². The summed E-state index contributed by atoms with van der Waals surface area (Å²) < 4.78 is 0. The van der Waals surface area contributed by atoms with E-state index in [2.05, 4.69) is 10.5 Å². The van der Waals surface area contributed by atoms with Gasteiger partial charge in [-0.3, -0.25) is 0 Å². The highest BCUT2D eigenvalue weighted by Gasteiger charge is 2.07. The first-order chi connectivity index (χ1) is 8.54. The van der Waals surface area contributed by atoms with Crippen LogP contribution in [0.4, 0.5) is 0 Å². The van der Waals surface area contributed by atoms with Gasteiger partial charge in [0, 0.05) is 22.5 Å². The molecule has 0 amide bonds. The molecule has 1 rings (SSSR count). The van der Waals surface area contributed by atoms with Crippen molar-refractivity contribution in [2.24, 2.45) is 16.8 Å². The number of nitrogens with one attached hydrogen (secondary N) is 1. The van der Waals surface area contributed by atoms with E-state index in [1.54, 1.807) is 6.07 Å². The smallest absolute Gasteiger partial charge is 0.143 e. The molecule has 1 atom stereocenters. The third-order valence-corrected chi connectivity index (χ3v) is 3.24. The molecule has 0 aromatic heterocycles. The SMILES string of the molecule is CC(CNCCc1ccc(Cl)cc1Cl)C(N)=NO. The van der Waals surface area contributed by atoms with Crippen LogP contribution in [0.3, 0.4) is 0 Å².